The van der Waals surface area contributed by atoms with E-state index in [9.17, 15) is 13.2 Å². The lowest BCUT2D eigenvalue weighted by atomic mass is 10.1. The van der Waals surface area contributed by atoms with Crippen molar-refractivity contribution in [2.45, 2.75) is 30.2 Å². The predicted molar refractivity (Wildman–Crippen MR) is 119 cm³/mol. The van der Waals surface area contributed by atoms with E-state index in [2.05, 4.69) is 22.2 Å². The van der Waals surface area contributed by atoms with Crippen molar-refractivity contribution in [3.63, 3.8) is 0 Å². The SMILES string of the molecule is COc1ccc(C(=O)Nc2ccc3c(c2)Cc2ccccc2-3)cc1S(=O)(=O)NC1CC1. The number of fused-ring (bicyclic) bond motifs is 3. The molecule has 0 aliphatic heterocycles. The molecule has 3 aromatic carbocycles. The van der Waals surface area contributed by atoms with Crippen molar-refractivity contribution >= 4 is 21.6 Å². The summed E-state index contributed by atoms with van der Waals surface area (Å²) in [6, 6.07) is 18.5. The molecule has 0 saturated heterocycles. The fourth-order valence-corrected chi connectivity index (χ4v) is 5.44. The summed E-state index contributed by atoms with van der Waals surface area (Å²) in [7, 11) is -2.35. The number of carbonyl (C=O) groups is 1. The Bertz CT molecular complexity index is 1300. The zero-order valence-electron chi connectivity index (χ0n) is 17.0. The fourth-order valence-electron chi connectivity index (χ4n) is 3.94. The number of methoxy groups -OCH3 is 1. The van der Waals surface area contributed by atoms with Crippen LogP contribution < -0.4 is 14.8 Å². The zero-order chi connectivity index (χ0) is 21.6. The van der Waals surface area contributed by atoms with Crippen LogP contribution in [0.2, 0.25) is 0 Å². The van der Waals surface area contributed by atoms with Crippen molar-refractivity contribution in [3.05, 3.63) is 77.4 Å². The van der Waals surface area contributed by atoms with Crippen LogP contribution in [0.5, 0.6) is 5.75 Å². The first kappa shape index (κ1) is 19.8. The van der Waals surface area contributed by atoms with Gasteiger partial charge in [-0.3, -0.25) is 4.79 Å². The van der Waals surface area contributed by atoms with Gasteiger partial charge in [0.15, 0.2) is 0 Å². The van der Waals surface area contributed by atoms with Crippen LogP contribution in [0.3, 0.4) is 0 Å². The third kappa shape index (κ3) is 3.82. The molecule has 31 heavy (non-hydrogen) atoms. The van der Waals surface area contributed by atoms with E-state index in [1.165, 1.54) is 35.9 Å². The number of hydrogen-bond acceptors (Lipinski definition) is 4. The average Bonchev–Trinajstić information content (AvgIpc) is 3.49. The van der Waals surface area contributed by atoms with Gasteiger partial charge in [-0.1, -0.05) is 30.3 Å². The minimum atomic E-state index is -3.76. The fraction of sp³-hybridized carbons (Fsp3) is 0.208. The Kier molecular flexibility index (Phi) is 4.79. The lowest BCUT2D eigenvalue weighted by Gasteiger charge is -2.13. The highest BCUT2D eigenvalue weighted by molar-refractivity contribution is 7.89. The van der Waals surface area contributed by atoms with Crippen LogP contribution in [0, 0.1) is 0 Å². The molecule has 158 valence electrons. The molecule has 0 heterocycles. The van der Waals surface area contributed by atoms with Crippen LogP contribution in [0.15, 0.2) is 65.6 Å². The van der Waals surface area contributed by atoms with Gasteiger partial charge in [-0.25, -0.2) is 13.1 Å². The molecule has 1 amide bonds. The summed E-state index contributed by atoms with van der Waals surface area (Å²) in [4.78, 5) is 12.8. The van der Waals surface area contributed by atoms with Crippen LogP contribution in [-0.4, -0.2) is 27.5 Å². The molecule has 3 aromatic rings. The molecule has 5 rings (SSSR count). The van der Waals surface area contributed by atoms with Crippen molar-refractivity contribution in [2.24, 2.45) is 0 Å². The Morgan fingerprint density at radius 1 is 0.968 bits per heavy atom. The Morgan fingerprint density at radius 2 is 1.74 bits per heavy atom. The Hall–Kier alpha value is -3.16. The molecule has 2 aliphatic carbocycles. The second-order valence-corrected chi connectivity index (χ2v) is 9.60. The van der Waals surface area contributed by atoms with Crippen molar-refractivity contribution in [3.8, 4) is 16.9 Å². The molecule has 1 saturated carbocycles. The molecule has 0 spiro atoms. The molecule has 2 aliphatic rings. The molecule has 0 unspecified atom stereocenters. The zero-order valence-corrected chi connectivity index (χ0v) is 17.8. The highest BCUT2D eigenvalue weighted by Crippen LogP contribution is 2.37. The van der Waals surface area contributed by atoms with Crippen LogP contribution >= 0.6 is 0 Å². The molecule has 2 N–H and O–H groups in total. The first-order chi connectivity index (χ1) is 14.9. The number of carbonyl (C=O) groups excluding carboxylic acids is 1. The summed E-state index contributed by atoms with van der Waals surface area (Å²) in [6.07, 6.45) is 2.47. The molecule has 7 heteroatoms. The first-order valence-corrected chi connectivity index (χ1v) is 11.7. The quantitative estimate of drug-likeness (QED) is 0.481. The van der Waals surface area contributed by atoms with Crippen LogP contribution in [0.1, 0.15) is 34.3 Å². The summed E-state index contributed by atoms with van der Waals surface area (Å²) in [5, 5.41) is 2.89. The van der Waals surface area contributed by atoms with Crippen molar-refractivity contribution in [2.75, 3.05) is 12.4 Å². The van der Waals surface area contributed by atoms with E-state index in [1.54, 1.807) is 6.07 Å². The number of sulfonamides is 1. The number of rotatable bonds is 6. The minimum Gasteiger partial charge on any atom is -0.495 e. The average molecular weight is 435 g/mol. The van der Waals surface area contributed by atoms with Gasteiger partial charge < -0.3 is 10.1 Å². The number of anilines is 1. The van der Waals surface area contributed by atoms with Gasteiger partial charge >= 0.3 is 0 Å². The molecule has 0 radical (unpaired) electrons. The van der Waals surface area contributed by atoms with Gasteiger partial charge in [-0.2, -0.15) is 0 Å². The monoisotopic (exact) mass is 434 g/mol. The molecule has 0 aromatic heterocycles. The number of nitrogens with one attached hydrogen (secondary N) is 2. The van der Waals surface area contributed by atoms with Crippen LogP contribution in [0.25, 0.3) is 11.1 Å². The lowest BCUT2D eigenvalue weighted by molar-refractivity contribution is 0.102. The normalized spacial score (nSPS) is 14.6. The molecule has 6 nitrogen and oxygen atoms in total. The van der Waals surface area contributed by atoms with Crippen molar-refractivity contribution < 1.29 is 17.9 Å². The van der Waals surface area contributed by atoms with Gasteiger partial charge in [-0.05, 0) is 71.8 Å². The third-order valence-corrected chi connectivity index (χ3v) is 7.21. The van der Waals surface area contributed by atoms with Crippen LogP contribution in [0.4, 0.5) is 5.69 Å². The standard InChI is InChI=1S/C24H22N2O4S/c1-30-22-11-6-16(14-23(22)31(28,29)26-18-7-8-18)24(27)25-19-9-10-21-17(13-19)12-15-4-2-3-5-20(15)21/h2-6,9-11,13-14,18,26H,7-8,12H2,1H3,(H,25,27). The summed E-state index contributed by atoms with van der Waals surface area (Å²) in [6.45, 7) is 0. The summed E-state index contributed by atoms with van der Waals surface area (Å²) in [5.74, 6) is -0.166. The summed E-state index contributed by atoms with van der Waals surface area (Å²) >= 11 is 0. The summed E-state index contributed by atoms with van der Waals surface area (Å²) in [5.41, 5.74) is 5.76. The van der Waals surface area contributed by atoms with Gasteiger partial charge in [0.1, 0.15) is 10.6 Å². The van der Waals surface area contributed by atoms with E-state index < -0.39 is 10.0 Å². The van der Waals surface area contributed by atoms with Gasteiger partial charge in [0.25, 0.3) is 5.91 Å². The van der Waals surface area contributed by atoms with Gasteiger partial charge in [-0.15, -0.1) is 0 Å². The maximum absolute atomic E-state index is 12.9. The van der Waals surface area contributed by atoms with Crippen LogP contribution in [-0.2, 0) is 16.4 Å². The van der Waals surface area contributed by atoms with Crippen molar-refractivity contribution in [1.82, 2.24) is 4.72 Å². The van der Waals surface area contributed by atoms with E-state index in [4.69, 9.17) is 4.74 Å². The maximum Gasteiger partial charge on any atom is 0.255 e. The Balaban J connectivity index is 1.40. The van der Waals surface area contributed by atoms with E-state index in [1.807, 2.05) is 30.3 Å². The molecule has 1 fully saturated rings. The largest absolute Gasteiger partial charge is 0.495 e. The van der Waals surface area contributed by atoms with Gasteiger partial charge in [0, 0.05) is 17.3 Å². The number of benzene rings is 3. The predicted octanol–water partition coefficient (Wildman–Crippen LogP) is 3.96. The van der Waals surface area contributed by atoms with Gasteiger partial charge in [0.2, 0.25) is 10.0 Å². The Labute approximate surface area is 181 Å². The van der Waals surface area contributed by atoms with Gasteiger partial charge in [0.05, 0.1) is 7.11 Å². The molecule has 0 atom stereocenters. The third-order valence-electron chi connectivity index (χ3n) is 5.67. The number of hydrogen-bond donors (Lipinski definition) is 2. The Morgan fingerprint density at radius 3 is 2.52 bits per heavy atom. The summed E-state index contributed by atoms with van der Waals surface area (Å²) < 4.78 is 33.3. The highest BCUT2D eigenvalue weighted by atomic mass is 32.2. The number of ether oxygens (including phenoxy) is 1. The smallest absolute Gasteiger partial charge is 0.255 e. The molecule has 0 bridgehead atoms. The topological polar surface area (TPSA) is 84.5 Å². The second kappa shape index (κ2) is 7.51. The van der Waals surface area contributed by atoms with E-state index in [-0.39, 0.29) is 28.2 Å². The first-order valence-electron chi connectivity index (χ1n) is 10.2. The maximum atomic E-state index is 12.9. The van der Waals surface area contributed by atoms with E-state index in [0.717, 1.165) is 24.8 Å². The minimum absolute atomic E-state index is 0.0287. The van der Waals surface area contributed by atoms with E-state index >= 15 is 0 Å². The lowest BCUT2D eigenvalue weighted by Crippen LogP contribution is -2.26. The van der Waals surface area contributed by atoms with Crippen molar-refractivity contribution in [1.29, 1.82) is 0 Å². The number of amides is 1. The van der Waals surface area contributed by atoms with E-state index in [0.29, 0.717) is 5.69 Å². The molecular weight excluding hydrogens is 412 g/mol. The molecular formula is C24H22N2O4S. The second-order valence-electron chi connectivity index (χ2n) is 7.92. The highest BCUT2D eigenvalue weighted by Gasteiger charge is 2.30.